The van der Waals surface area contributed by atoms with E-state index in [1.54, 1.807) is 16.4 Å². The van der Waals surface area contributed by atoms with Crippen LogP contribution in [0.25, 0.3) is 0 Å². The van der Waals surface area contributed by atoms with E-state index in [2.05, 4.69) is 10.2 Å². The molecular weight excluding hydrogens is 362 g/mol. The molecule has 0 saturated carbocycles. The molecule has 1 aromatic carbocycles. The van der Waals surface area contributed by atoms with E-state index in [1.165, 1.54) is 6.42 Å². The van der Waals surface area contributed by atoms with Crippen LogP contribution in [0, 0.1) is 0 Å². The van der Waals surface area contributed by atoms with Gasteiger partial charge in [0.05, 0.1) is 16.3 Å². The lowest BCUT2D eigenvalue weighted by Crippen LogP contribution is -2.35. The van der Waals surface area contributed by atoms with Gasteiger partial charge in [0.15, 0.2) is 0 Å². The number of piperidine rings is 2. The van der Waals surface area contributed by atoms with Crippen molar-refractivity contribution in [2.24, 2.45) is 0 Å². The first kappa shape index (κ1) is 20.1. The topological polar surface area (TPSA) is 69.7 Å². The minimum Gasteiger partial charge on any atom is -0.370 e. The van der Waals surface area contributed by atoms with Gasteiger partial charge in [-0.25, -0.2) is 8.42 Å². The molecule has 1 amide bonds. The highest BCUT2D eigenvalue weighted by molar-refractivity contribution is 7.89. The normalized spacial score (nSPS) is 19.1. The average molecular weight is 394 g/mol. The Morgan fingerprint density at radius 1 is 1.00 bits per heavy atom. The standard InChI is InChI=1S/C20H31N3O3S/c1-2-9-20(24)21-18-16-17(27(25,26)23-14-7-4-8-15-23)10-11-19(18)22-12-5-3-6-13-22/h10-11,16H,2-9,12-15H2,1H3,(H,21,24). The van der Waals surface area contributed by atoms with Crippen LogP contribution in [0.1, 0.15) is 58.3 Å². The van der Waals surface area contributed by atoms with E-state index < -0.39 is 10.0 Å². The molecule has 2 saturated heterocycles. The molecule has 27 heavy (non-hydrogen) atoms. The molecule has 7 heteroatoms. The van der Waals surface area contributed by atoms with E-state index >= 15 is 0 Å². The summed E-state index contributed by atoms with van der Waals surface area (Å²) in [6, 6.07) is 5.22. The number of benzene rings is 1. The largest absolute Gasteiger partial charge is 0.370 e. The monoisotopic (exact) mass is 393 g/mol. The Hall–Kier alpha value is -1.60. The van der Waals surface area contributed by atoms with Crippen LogP contribution in [0.3, 0.4) is 0 Å². The summed E-state index contributed by atoms with van der Waals surface area (Å²) in [6.07, 6.45) is 7.55. The van der Waals surface area contributed by atoms with Gasteiger partial charge in [-0.1, -0.05) is 13.3 Å². The van der Waals surface area contributed by atoms with E-state index in [4.69, 9.17) is 0 Å². The molecule has 3 rings (SSSR count). The van der Waals surface area contributed by atoms with Crippen LogP contribution in [0.2, 0.25) is 0 Å². The zero-order valence-electron chi connectivity index (χ0n) is 16.2. The van der Waals surface area contributed by atoms with Crippen molar-refractivity contribution in [1.82, 2.24) is 4.31 Å². The molecule has 1 aromatic rings. The van der Waals surface area contributed by atoms with Gasteiger partial charge >= 0.3 is 0 Å². The van der Waals surface area contributed by atoms with Crippen LogP contribution in [0.4, 0.5) is 11.4 Å². The fourth-order valence-electron chi connectivity index (χ4n) is 3.88. The third-order valence-corrected chi connectivity index (χ3v) is 7.26. The molecule has 2 aliphatic heterocycles. The SMILES string of the molecule is CCCC(=O)Nc1cc(S(=O)(=O)N2CCCCC2)ccc1N1CCCCC1. The molecule has 6 nitrogen and oxygen atoms in total. The third-order valence-electron chi connectivity index (χ3n) is 5.37. The number of anilines is 2. The first-order chi connectivity index (χ1) is 13.0. The third kappa shape index (κ3) is 4.82. The summed E-state index contributed by atoms with van der Waals surface area (Å²) in [5.41, 5.74) is 1.55. The van der Waals surface area contributed by atoms with Gasteiger partial charge in [-0.15, -0.1) is 0 Å². The van der Waals surface area contributed by atoms with Crippen LogP contribution in [-0.4, -0.2) is 44.8 Å². The Balaban J connectivity index is 1.92. The van der Waals surface area contributed by atoms with Crippen LogP contribution in [0.5, 0.6) is 0 Å². The highest BCUT2D eigenvalue weighted by Gasteiger charge is 2.27. The summed E-state index contributed by atoms with van der Waals surface area (Å²) in [6.45, 7) is 4.99. The van der Waals surface area contributed by atoms with Gasteiger partial charge in [0.2, 0.25) is 15.9 Å². The molecule has 2 fully saturated rings. The smallest absolute Gasteiger partial charge is 0.243 e. The fourth-order valence-corrected chi connectivity index (χ4v) is 5.42. The predicted molar refractivity (Wildman–Crippen MR) is 109 cm³/mol. The summed E-state index contributed by atoms with van der Waals surface area (Å²) in [5.74, 6) is -0.0664. The van der Waals surface area contributed by atoms with Crippen molar-refractivity contribution in [3.05, 3.63) is 18.2 Å². The second-order valence-electron chi connectivity index (χ2n) is 7.49. The van der Waals surface area contributed by atoms with Crippen molar-refractivity contribution in [1.29, 1.82) is 0 Å². The van der Waals surface area contributed by atoms with Crippen molar-refractivity contribution in [2.45, 2.75) is 63.2 Å². The molecule has 0 aromatic heterocycles. The number of hydrogen-bond donors (Lipinski definition) is 1. The van der Waals surface area contributed by atoms with E-state index in [0.717, 1.165) is 57.3 Å². The minimum absolute atomic E-state index is 0.0664. The molecule has 1 N–H and O–H groups in total. The Labute approximate surface area is 163 Å². The van der Waals surface area contributed by atoms with Crippen molar-refractivity contribution in [2.75, 3.05) is 36.4 Å². The predicted octanol–water partition coefficient (Wildman–Crippen LogP) is 3.59. The number of hydrogen-bond acceptors (Lipinski definition) is 4. The van der Waals surface area contributed by atoms with Gasteiger partial charge in [-0.05, 0) is 56.7 Å². The molecule has 0 atom stereocenters. The number of carbonyl (C=O) groups excluding carboxylic acids is 1. The average Bonchev–Trinajstić information content (AvgIpc) is 2.69. The number of rotatable bonds is 6. The van der Waals surface area contributed by atoms with Gasteiger partial charge in [0, 0.05) is 32.6 Å². The van der Waals surface area contributed by atoms with Crippen molar-refractivity contribution >= 4 is 27.3 Å². The van der Waals surface area contributed by atoms with E-state index in [9.17, 15) is 13.2 Å². The second-order valence-corrected chi connectivity index (χ2v) is 9.43. The lowest BCUT2D eigenvalue weighted by Gasteiger charge is -2.31. The van der Waals surface area contributed by atoms with Gasteiger partial charge in [-0.2, -0.15) is 4.31 Å². The van der Waals surface area contributed by atoms with Gasteiger partial charge < -0.3 is 10.2 Å². The summed E-state index contributed by atoms with van der Waals surface area (Å²) in [7, 11) is -3.52. The Kier molecular flexibility index (Phi) is 6.76. The van der Waals surface area contributed by atoms with Gasteiger partial charge in [-0.3, -0.25) is 4.79 Å². The molecule has 150 valence electrons. The highest BCUT2D eigenvalue weighted by Crippen LogP contribution is 2.32. The molecule has 2 heterocycles. The Morgan fingerprint density at radius 3 is 2.26 bits per heavy atom. The molecule has 0 aliphatic carbocycles. The number of sulfonamides is 1. The van der Waals surface area contributed by atoms with Crippen LogP contribution in [0.15, 0.2) is 23.1 Å². The summed E-state index contributed by atoms with van der Waals surface area (Å²) in [5, 5.41) is 2.96. The van der Waals surface area contributed by atoms with Crippen LogP contribution < -0.4 is 10.2 Å². The molecule has 2 aliphatic rings. The van der Waals surface area contributed by atoms with Crippen LogP contribution >= 0.6 is 0 Å². The van der Waals surface area contributed by atoms with E-state index in [0.29, 0.717) is 25.2 Å². The lowest BCUT2D eigenvalue weighted by molar-refractivity contribution is -0.116. The maximum Gasteiger partial charge on any atom is 0.243 e. The summed E-state index contributed by atoms with van der Waals surface area (Å²) < 4.78 is 27.6. The van der Waals surface area contributed by atoms with Gasteiger partial charge in [0.1, 0.15) is 0 Å². The number of nitrogens with zero attached hydrogens (tertiary/aromatic N) is 2. The van der Waals surface area contributed by atoms with E-state index in [1.807, 2.05) is 13.0 Å². The molecule has 0 spiro atoms. The Morgan fingerprint density at radius 2 is 1.63 bits per heavy atom. The highest BCUT2D eigenvalue weighted by atomic mass is 32.2. The molecule has 0 bridgehead atoms. The molecule has 0 radical (unpaired) electrons. The Bertz CT molecular complexity index is 752. The van der Waals surface area contributed by atoms with E-state index in [-0.39, 0.29) is 10.8 Å². The van der Waals surface area contributed by atoms with Crippen molar-refractivity contribution in [3.8, 4) is 0 Å². The maximum atomic E-state index is 13.0. The number of nitrogens with one attached hydrogen (secondary N) is 1. The molecular formula is C20H31N3O3S. The zero-order chi connectivity index (χ0) is 19.3. The minimum atomic E-state index is -3.52. The van der Waals surface area contributed by atoms with Crippen molar-refractivity contribution in [3.63, 3.8) is 0 Å². The molecule has 0 unspecified atom stereocenters. The lowest BCUT2D eigenvalue weighted by atomic mass is 10.1. The fraction of sp³-hybridized carbons (Fsp3) is 0.650. The second kappa shape index (κ2) is 9.06. The van der Waals surface area contributed by atoms with Crippen molar-refractivity contribution < 1.29 is 13.2 Å². The van der Waals surface area contributed by atoms with Gasteiger partial charge in [0.25, 0.3) is 0 Å². The summed E-state index contributed by atoms with van der Waals surface area (Å²) in [4.78, 5) is 14.7. The first-order valence-electron chi connectivity index (χ1n) is 10.2. The number of amides is 1. The quantitative estimate of drug-likeness (QED) is 0.802. The first-order valence-corrected chi connectivity index (χ1v) is 11.7. The van der Waals surface area contributed by atoms with Crippen LogP contribution in [-0.2, 0) is 14.8 Å². The maximum absolute atomic E-state index is 13.0. The zero-order valence-corrected chi connectivity index (χ0v) is 17.1. The summed E-state index contributed by atoms with van der Waals surface area (Å²) >= 11 is 0. The number of carbonyl (C=O) groups is 1.